The molecule has 2 nitrogen and oxygen atoms in total. The highest BCUT2D eigenvalue weighted by Crippen LogP contribution is 2.30. The van der Waals surface area contributed by atoms with Crippen molar-refractivity contribution in [3.05, 3.63) is 39.9 Å². The van der Waals surface area contributed by atoms with Crippen molar-refractivity contribution < 1.29 is 0 Å². The Morgan fingerprint density at radius 1 is 1.44 bits per heavy atom. The molecule has 1 aromatic carbocycles. The van der Waals surface area contributed by atoms with E-state index in [-0.39, 0.29) is 0 Å². The Balaban J connectivity index is 2.29. The van der Waals surface area contributed by atoms with Crippen molar-refractivity contribution in [3.63, 3.8) is 0 Å². The van der Waals surface area contributed by atoms with Crippen molar-refractivity contribution in [2.75, 3.05) is 6.54 Å². The van der Waals surface area contributed by atoms with Crippen LogP contribution in [-0.4, -0.2) is 11.5 Å². The fourth-order valence-corrected chi connectivity index (χ4v) is 3.12. The molecule has 1 unspecified atom stereocenters. The molecule has 18 heavy (non-hydrogen) atoms. The minimum absolute atomic E-state index is 0.299. The molecule has 1 N–H and O–H groups in total. The maximum absolute atomic E-state index is 5.97. The Kier molecular flexibility index (Phi) is 4.38. The lowest BCUT2D eigenvalue weighted by Crippen LogP contribution is -2.17. The zero-order valence-electron chi connectivity index (χ0n) is 10.8. The molecule has 0 radical (unpaired) electrons. The molecule has 0 fully saturated rings. The SMILES string of the molecule is CCNC(C)c1csc(-c2ccc(Cl)cc2C)n1. The van der Waals surface area contributed by atoms with Gasteiger partial charge in [-0.05, 0) is 38.1 Å². The second-order valence-electron chi connectivity index (χ2n) is 4.32. The molecule has 2 aromatic rings. The van der Waals surface area contributed by atoms with Gasteiger partial charge in [-0.25, -0.2) is 4.98 Å². The fraction of sp³-hybridized carbons (Fsp3) is 0.357. The third kappa shape index (κ3) is 2.91. The third-order valence-electron chi connectivity index (χ3n) is 2.89. The highest BCUT2D eigenvalue weighted by atomic mass is 35.5. The summed E-state index contributed by atoms with van der Waals surface area (Å²) in [6, 6.07) is 6.23. The second-order valence-corrected chi connectivity index (χ2v) is 5.61. The van der Waals surface area contributed by atoms with Crippen LogP contribution < -0.4 is 5.32 Å². The molecule has 0 saturated heterocycles. The van der Waals surface area contributed by atoms with E-state index in [0.29, 0.717) is 6.04 Å². The molecule has 4 heteroatoms. The van der Waals surface area contributed by atoms with Crippen molar-refractivity contribution in [1.29, 1.82) is 0 Å². The van der Waals surface area contributed by atoms with Crippen LogP contribution >= 0.6 is 22.9 Å². The summed E-state index contributed by atoms with van der Waals surface area (Å²) in [6.07, 6.45) is 0. The van der Waals surface area contributed by atoms with Gasteiger partial charge in [0.1, 0.15) is 5.01 Å². The van der Waals surface area contributed by atoms with E-state index in [0.717, 1.165) is 22.3 Å². The first-order valence-corrected chi connectivity index (χ1v) is 7.33. The van der Waals surface area contributed by atoms with E-state index in [2.05, 4.69) is 31.5 Å². The monoisotopic (exact) mass is 280 g/mol. The number of aryl methyl sites for hydroxylation is 1. The molecule has 0 aliphatic rings. The quantitative estimate of drug-likeness (QED) is 0.895. The molecule has 0 spiro atoms. The number of rotatable bonds is 4. The lowest BCUT2D eigenvalue weighted by atomic mass is 10.1. The first-order chi connectivity index (χ1) is 8.61. The van der Waals surface area contributed by atoms with Crippen molar-refractivity contribution in [3.8, 4) is 10.6 Å². The summed E-state index contributed by atoms with van der Waals surface area (Å²) in [6.45, 7) is 7.26. The molecular weight excluding hydrogens is 264 g/mol. The van der Waals surface area contributed by atoms with E-state index in [1.165, 1.54) is 11.1 Å². The summed E-state index contributed by atoms with van der Waals surface area (Å²) in [5.74, 6) is 0. The first kappa shape index (κ1) is 13.5. The molecular formula is C14H17ClN2S. The minimum Gasteiger partial charge on any atom is -0.309 e. The van der Waals surface area contributed by atoms with Gasteiger partial charge in [0.2, 0.25) is 0 Å². The van der Waals surface area contributed by atoms with Gasteiger partial charge in [-0.3, -0.25) is 0 Å². The Hall–Kier alpha value is -0.900. The Morgan fingerprint density at radius 3 is 2.89 bits per heavy atom. The number of benzene rings is 1. The number of nitrogens with zero attached hydrogens (tertiary/aromatic N) is 1. The van der Waals surface area contributed by atoms with Crippen LogP contribution in [0, 0.1) is 6.92 Å². The lowest BCUT2D eigenvalue weighted by molar-refractivity contribution is 0.587. The number of aromatic nitrogens is 1. The Bertz CT molecular complexity index is 536. The van der Waals surface area contributed by atoms with Gasteiger partial charge in [0.15, 0.2) is 0 Å². The second kappa shape index (κ2) is 5.83. The summed E-state index contributed by atoms with van der Waals surface area (Å²) >= 11 is 7.66. The van der Waals surface area contributed by atoms with Crippen LogP contribution in [0.1, 0.15) is 31.1 Å². The van der Waals surface area contributed by atoms with Gasteiger partial charge in [0.25, 0.3) is 0 Å². The maximum atomic E-state index is 5.97. The average molecular weight is 281 g/mol. The zero-order valence-corrected chi connectivity index (χ0v) is 12.4. The number of nitrogens with one attached hydrogen (secondary N) is 1. The molecule has 0 amide bonds. The predicted octanol–water partition coefficient (Wildman–Crippen LogP) is 4.44. The van der Waals surface area contributed by atoms with E-state index in [4.69, 9.17) is 16.6 Å². The van der Waals surface area contributed by atoms with Gasteiger partial charge in [-0.2, -0.15) is 0 Å². The highest BCUT2D eigenvalue weighted by Gasteiger charge is 2.11. The summed E-state index contributed by atoms with van der Waals surface area (Å²) in [7, 11) is 0. The summed E-state index contributed by atoms with van der Waals surface area (Å²) in [4.78, 5) is 4.70. The third-order valence-corrected chi connectivity index (χ3v) is 4.02. The predicted molar refractivity (Wildman–Crippen MR) is 79.4 cm³/mol. The van der Waals surface area contributed by atoms with Crippen LogP contribution in [0.5, 0.6) is 0 Å². The number of hydrogen-bond acceptors (Lipinski definition) is 3. The van der Waals surface area contributed by atoms with Gasteiger partial charge >= 0.3 is 0 Å². The number of halogens is 1. The van der Waals surface area contributed by atoms with Crippen LogP contribution in [0.2, 0.25) is 5.02 Å². The standard InChI is InChI=1S/C14H17ClN2S/c1-4-16-10(3)13-8-18-14(17-13)12-6-5-11(15)7-9(12)2/h5-8,10,16H,4H2,1-3H3. The molecule has 0 aliphatic carbocycles. The van der Waals surface area contributed by atoms with Crippen molar-refractivity contribution >= 4 is 22.9 Å². The maximum Gasteiger partial charge on any atom is 0.123 e. The summed E-state index contributed by atoms with van der Waals surface area (Å²) < 4.78 is 0. The summed E-state index contributed by atoms with van der Waals surface area (Å²) in [5.41, 5.74) is 3.44. The van der Waals surface area contributed by atoms with Crippen LogP contribution in [0.25, 0.3) is 10.6 Å². The molecule has 0 saturated carbocycles. The van der Waals surface area contributed by atoms with Gasteiger partial charge in [0, 0.05) is 22.0 Å². The zero-order chi connectivity index (χ0) is 13.1. The molecule has 1 heterocycles. The Labute approximate surface area is 117 Å². The fourth-order valence-electron chi connectivity index (χ4n) is 1.89. The minimum atomic E-state index is 0.299. The van der Waals surface area contributed by atoms with Crippen LogP contribution in [0.4, 0.5) is 0 Å². The van der Waals surface area contributed by atoms with E-state index in [9.17, 15) is 0 Å². The average Bonchev–Trinajstić information content (AvgIpc) is 2.78. The van der Waals surface area contributed by atoms with E-state index < -0.39 is 0 Å². The molecule has 96 valence electrons. The van der Waals surface area contributed by atoms with Crippen molar-refractivity contribution in [1.82, 2.24) is 10.3 Å². The van der Waals surface area contributed by atoms with Gasteiger partial charge in [0.05, 0.1) is 5.69 Å². The van der Waals surface area contributed by atoms with Crippen molar-refractivity contribution in [2.45, 2.75) is 26.8 Å². The van der Waals surface area contributed by atoms with Crippen molar-refractivity contribution in [2.24, 2.45) is 0 Å². The largest absolute Gasteiger partial charge is 0.309 e. The smallest absolute Gasteiger partial charge is 0.123 e. The number of thiazole rings is 1. The van der Waals surface area contributed by atoms with Crippen LogP contribution in [0.15, 0.2) is 23.6 Å². The summed E-state index contributed by atoms with van der Waals surface area (Å²) in [5, 5.41) is 7.33. The van der Waals surface area contributed by atoms with E-state index in [1.54, 1.807) is 11.3 Å². The topological polar surface area (TPSA) is 24.9 Å². The molecule has 0 bridgehead atoms. The first-order valence-electron chi connectivity index (χ1n) is 6.07. The van der Waals surface area contributed by atoms with E-state index in [1.807, 2.05) is 18.2 Å². The Morgan fingerprint density at radius 2 is 2.22 bits per heavy atom. The highest BCUT2D eigenvalue weighted by molar-refractivity contribution is 7.13. The van der Waals surface area contributed by atoms with Gasteiger partial charge in [-0.1, -0.05) is 24.6 Å². The normalized spacial score (nSPS) is 12.7. The molecule has 0 aliphatic heterocycles. The lowest BCUT2D eigenvalue weighted by Gasteiger charge is -2.08. The van der Waals surface area contributed by atoms with Gasteiger partial charge < -0.3 is 5.32 Å². The number of hydrogen-bond donors (Lipinski definition) is 1. The van der Waals surface area contributed by atoms with Gasteiger partial charge in [-0.15, -0.1) is 11.3 Å². The molecule has 2 rings (SSSR count). The molecule has 1 aromatic heterocycles. The molecule has 1 atom stereocenters. The van der Waals surface area contributed by atoms with Crippen LogP contribution in [0.3, 0.4) is 0 Å². The van der Waals surface area contributed by atoms with E-state index >= 15 is 0 Å². The van der Waals surface area contributed by atoms with Crippen LogP contribution in [-0.2, 0) is 0 Å².